The molecule has 1 saturated heterocycles. The molecule has 1 aromatic carbocycles. The summed E-state index contributed by atoms with van der Waals surface area (Å²) >= 11 is 3.64. The van der Waals surface area contributed by atoms with E-state index >= 15 is 0 Å². The summed E-state index contributed by atoms with van der Waals surface area (Å²) in [6.45, 7) is 6.91. The molecule has 1 fully saturated rings. The maximum Gasteiger partial charge on any atom is 0.119 e. The lowest BCUT2D eigenvalue weighted by molar-refractivity contribution is 0.106. The van der Waals surface area contributed by atoms with Gasteiger partial charge in [-0.1, -0.05) is 22.9 Å². The first-order chi connectivity index (χ1) is 8.61. The minimum Gasteiger partial charge on any atom is -0.497 e. The van der Waals surface area contributed by atoms with Crippen LogP contribution in [0.1, 0.15) is 32.3 Å². The molecule has 1 aliphatic heterocycles. The Hall–Kier alpha value is -0.540. The summed E-state index contributed by atoms with van der Waals surface area (Å²) in [4.78, 5) is 2.58. The molecule has 0 aliphatic carbocycles. The molecule has 2 unspecified atom stereocenters. The average Bonchev–Trinajstić information content (AvgIpc) is 2.37. The Morgan fingerprint density at radius 3 is 2.89 bits per heavy atom. The molecule has 0 spiro atoms. The van der Waals surface area contributed by atoms with Crippen LogP contribution in [0.25, 0.3) is 0 Å². The van der Waals surface area contributed by atoms with Crippen molar-refractivity contribution in [2.45, 2.75) is 39.3 Å². The van der Waals surface area contributed by atoms with Crippen LogP contribution in [0.5, 0.6) is 5.75 Å². The lowest BCUT2D eigenvalue weighted by Crippen LogP contribution is -2.41. The monoisotopic (exact) mass is 311 g/mol. The van der Waals surface area contributed by atoms with Crippen LogP contribution in [0.15, 0.2) is 22.7 Å². The lowest BCUT2D eigenvalue weighted by Gasteiger charge is -2.38. The summed E-state index contributed by atoms with van der Waals surface area (Å²) in [5.74, 6) is 1.73. The standard InChI is InChI=1S/C15H22BrNO/c1-11-5-4-8-17(12(11)2)10-13-9-14(18-3)6-7-15(13)16/h6-7,9,11-12H,4-5,8,10H2,1-3H3. The first-order valence-corrected chi connectivity index (χ1v) is 7.47. The fraction of sp³-hybridized carbons (Fsp3) is 0.600. The summed E-state index contributed by atoms with van der Waals surface area (Å²) in [6.07, 6.45) is 2.67. The minimum atomic E-state index is 0.664. The molecule has 1 aromatic rings. The molecule has 0 amide bonds. The van der Waals surface area contributed by atoms with E-state index in [0.29, 0.717) is 6.04 Å². The number of ether oxygens (including phenoxy) is 1. The number of hydrogen-bond acceptors (Lipinski definition) is 2. The zero-order valence-electron chi connectivity index (χ0n) is 11.4. The average molecular weight is 312 g/mol. The Kier molecular flexibility index (Phi) is 4.68. The zero-order chi connectivity index (χ0) is 13.1. The van der Waals surface area contributed by atoms with Crippen molar-refractivity contribution in [3.8, 4) is 5.75 Å². The van der Waals surface area contributed by atoms with Gasteiger partial charge in [-0.25, -0.2) is 0 Å². The molecule has 0 saturated carbocycles. The fourth-order valence-corrected chi connectivity index (χ4v) is 3.03. The second-order valence-electron chi connectivity index (χ2n) is 5.29. The highest BCUT2D eigenvalue weighted by molar-refractivity contribution is 9.10. The van der Waals surface area contributed by atoms with Crippen molar-refractivity contribution in [2.24, 2.45) is 5.92 Å². The van der Waals surface area contributed by atoms with Gasteiger partial charge in [-0.15, -0.1) is 0 Å². The molecular formula is C15H22BrNO. The van der Waals surface area contributed by atoms with Gasteiger partial charge in [0.15, 0.2) is 0 Å². The number of piperidine rings is 1. The van der Waals surface area contributed by atoms with Gasteiger partial charge < -0.3 is 4.74 Å². The Bertz CT molecular complexity index is 407. The Morgan fingerprint density at radius 2 is 2.17 bits per heavy atom. The molecule has 2 nitrogen and oxygen atoms in total. The third-order valence-corrected chi connectivity index (χ3v) is 4.90. The van der Waals surface area contributed by atoms with Crippen molar-refractivity contribution in [1.82, 2.24) is 4.90 Å². The maximum absolute atomic E-state index is 5.31. The minimum absolute atomic E-state index is 0.664. The first kappa shape index (κ1) is 13.9. The van der Waals surface area contributed by atoms with E-state index in [1.807, 2.05) is 6.07 Å². The fourth-order valence-electron chi connectivity index (χ4n) is 2.66. The van der Waals surface area contributed by atoms with Crippen LogP contribution in [0.4, 0.5) is 0 Å². The maximum atomic E-state index is 5.31. The van der Waals surface area contributed by atoms with Crippen LogP contribution in [0.2, 0.25) is 0 Å². The smallest absolute Gasteiger partial charge is 0.119 e. The molecule has 100 valence electrons. The summed E-state index contributed by atoms with van der Waals surface area (Å²) in [5, 5.41) is 0. The number of methoxy groups -OCH3 is 1. The highest BCUT2D eigenvalue weighted by Gasteiger charge is 2.24. The van der Waals surface area contributed by atoms with Crippen molar-refractivity contribution in [2.75, 3.05) is 13.7 Å². The normalized spacial score (nSPS) is 25.1. The van der Waals surface area contributed by atoms with Gasteiger partial charge in [0.25, 0.3) is 0 Å². The van der Waals surface area contributed by atoms with Gasteiger partial charge in [-0.2, -0.15) is 0 Å². The van der Waals surface area contributed by atoms with Gasteiger partial charge >= 0.3 is 0 Å². The Balaban J connectivity index is 2.12. The quantitative estimate of drug-likeness (QED) is 0.834. The van der Waals surface area contributed by atoms with Gasteiger partial charge in [-0.05, 0) is 56.0 Å². The van der Waals surface area contributed by atoms with Crippen molar-refractivity contribution in [3.63, 3.8) is 0 Å². The molecule has 0 bridgehead atoms. The number of benzene rings is 1. The molecule has 18 heavy (non-hydrogen) atoms. The van der Waals surface area contributed by atoms with Gasteiger partial charge in [0.1, 0.15) is 5.75 Å². The molecule has 0 aromatic heterocycles. The third kappa shape index (κ3) is 3.07. The molecule has 1 heterocycles. The van der Waals surface area contributed by atoms with E-state index in [9.17, 15) is 0 Å². The van der Waals surface area contributed by atoms with Crippen molar-refractivity contribution >= 4 is 15.9 Å². The highest BCUT2D eigenvalue weighted by Crippen LogP contribution is 2.28. The topological polar surface area (TPSA) is 12.5 Å². The zero-order valence-corrected chi connectivity index (χ0v) is 13.0. The van der Waals surface area contributed by atoms with E-state index in [1.54, 1.807) is 7.11 Å². The van der Waals surface area contributed by atoms with E-state index in [2.05, 4.69) is 46.8 Å². The van der Waals surface area contributed by atoms with Gasteiger partial charge in [0.05, 0.1) is 7.11 Å². The second-order valence-corrected chi connectivity index (χ2v) is 6.14. The Morgan fingerprint density at radius 1 is 1.39 bits per heavy atom. The van der Waals surface area contributed by atoms with E-state index in [0.717, 1.165) is 18.2 Å². The van der Waals surface area contributed by atoms with Crippen LogP contribution >= 0.6 is 15.9 Å². The largest absolute Gasteiger partial charge is 0.497 e. The molecule has 2 rings (SSSR count). The predicted octanol–water partition coefficient (Wildman–Crippen LogP) is 4.08. The predicted molar refractivity (Wildman–Crippen MR) is 79.0 cm³/mol. The Labute approximate surface area is 118 Å². The van der Waals surface area contributed by atoms with E-state index in [-0.39, 0.29) is 0 Å². The summed E-state index contributed by atoms with van der Waals surface area (Å²) in [5.41, 5.74) is 1.32. The van der Waals surface area contributed by atoms with Crippen LogP contribution in [-0.4, -0.2) is 24.6 Å². The van der Waals surface area contributed by atoms with Crippen molar-refractivity contribution in [1.29, 1.82) is 0 Å². The second kappa shape index (κ2) is 6.07. The summed E-state index contributed by atoms with van der Waals surface area (Å²) in [7, 11) is 1.72. The number of halogens is 1. The molecule has 2 atom stereocenters. The van der Waals surface area contributed by atoms with Gasteiger partial charge in [-0.3, -0.25) is 4.90 Å². The number of rotatable bonds is 3. The number of likely N-dealkylation sites (tertiary alicyclic amines) is 1. The first-order valence-electron chi connectivity index (χ1n) is 6.68. The molecular weight excluding hydrogens is 290 g/mol. The van der Waals surface area contributed by atoms with E-state index in [1.165, 1.54) is 29.4 Å². The molecule has 0 radical (unpaired) electrons. The van der Waals surface area contributed by atoms with Crippen LogP contribution < -0.4 is 4.74 Å². The number of hydrogen-bond donors (Lipinski definition) is 0. The number of nitrogens with zero attached hydrogens (tertiary/aromatic N) is 1. The lowest BCUT2D eigenvalue weighted by atomic mass is 9.92. The van der Waals surface area contributed by atoms with Gasteiger partial charge in [0, 0.05) is 17.1 Å². The van der Waals surface area contributed by atoms with Crippen LogP contribution in [0, 0.1) is 5.92 Å². The van der Waals surface area contributed by atoms with Crippen molar-refractivity contribution < 1.29 is 4.74 Å². The molecule has 0 N–H and O–H groups in total. The van der Waals surface area contributed by atoms with Crippen molar-refractivity contribution in [3.05, 3.63) is 28.2 Å². The molecule has 1 aliphatic rings. The van der Waals surface area contributed by atoms with E-state index < -0.39 is 0 Å². The summed E-state index contributed by atoms with van der Waals surface area (Å²) < 4.78 is 6.48. The SMILES string of the molecule is COc1ccc(Br)c(CN2CCCC(C)C2C)c1. The van der Waals surface area contributed by atoms with Crippen LogP contribution in [0.3, 0.4) is 0 Å². The third-order valence-electron chi connectivity index (χ3n) is 4.13. The highest BCUT2D eigenvalue weighted by atomic mass is 79.9. The summed E-state index contributed by atoms with van der Waals surface area (Å²) in [6, 6.07) is 6.87. The molecule has 3 heteroatoms. The van der Waals surface area contributed by atoms with E-state index in [4.69, 9.17) is 4.74 Å². The van der Waals surface area contributed by atoms with Crippen LogP contribution in [-0.2, 0) is 6.54 Å². The van der Waals surface area contributed by atoms with Gasteiger partial charge in [0.2, 0.25) is 0 Å².